The van der Waals surface area contributed by atoms with Gasteiger partial charge in [-0.15, -0.1) is 0 Å². The van der Waals surface area contributed by atoms with Crippen LogP contribution in [0, 0.1) is 5.92 Å². The zero-order valence-corrected chi connectivity index (χ0v) is 14.5. The predicted octanol–water partition coefficient (Wildman–Crippen LogP) is 2.41. The zero-order chi connectivity index (χ0) is 16.2. The van der Waals surface area contributed by atoms with Crippen LogP contribution in [-0.2, 0) is 10.0 Å². The van der Waals surface area contributed by atoms with Crippen molar-refractivity contribution in [2.45, 2.75) is 37.1 Å². The van der Waals surface area contributed by atoms with Gasteiger partial charge in [-0.3, -0.25) is 0 Å². The molecule has 2 rings (SSSR count). The number of rotatable bonds is 8. The summed E-state index contributed by atoms with van der Waals surface area (Å²) in [7, 11) is -1.87. The third kappa shape index (κ3) is 4.59. The number of hydrogen-bond donors (Lipinski definition) is 2. The standard InChI is InChI=1S/C15H23ClN2O3S/c1-11(17-2)9-18-22(19,20)15-8-13(16)6-7-14(15)21-10-12-4-3-5-12/h6-8,11-12,17-18H,3-5,9-10H2,1-2H3. The highest BCUT2D eigenvalue weighted by Gasteiger charge is 2.23. The quantitative estimate of drug-likeness (QED) is 0.758. The number of benzene rings is 1. The Morgan fingerprint density at radius 2 is 2.14 bits per heavy atom. The van der Waals surface area contributed by atoms with Crippen molar-refractivity contribution in [2.75, 3.05) is 20.2 Å². The molecule has 124 valence electrons. The first kappa shape index (κ1) is 17.5. The lowest BCUT2D eigenvalue weighted by atomic mass is 9.86. The van der Waals surface area contributed by atoms with Crippen molar-refractivity contribution in [1.82, 2.24) is 10.0 Å². The van der Waals surface area contributed by atoms with Gasteiger partial charge >= 0.3 is 0 Å². The van der Waals surface area contributed by atoms with Crippen molar-refractivity contribution >= 4 is 21.6 Å². The lowest BCUT2D eigenvalue weighted by molar-refractivity contribution is 0.177. The Bertz CT molecular complexity index is 603. The molecule has 1 saturated carbocycles. The molecule has 0 spiro atoms. The van der Waals surface area contributed by atoms with Gasteiger partial charge in [-0.1, -0.05) is 18.0 Å². The summed E-state index contributed by atoms with van der Waals surface area (Å²) in [4.78, 5) is 0.0997. The third-order valence-corrected chi connectivity index (χ3v) is 5.65. The van der Waals surface area contributed by atoms with E-state index in [0.717, 1.165) is 12.8 Å². The largest absolute Gasteiger partial charge is 0.492 e. The molecule has 0 amide bonds. The van der Waals surface area contributed by atoms with E-state index in [1.54, 1.807) is 19.2 Å². The summed E-state index contributed by atoms with van der Waals surface area (Å²) in [5.41, 5.74) is 0. The number of hydrogen-bond acceptors (Lipinski definition) is 4. The summed E-state index contributed by atoms with van der Waals surface area (Å²) >= 11 is 5.95. The second-order valence-electron chi connectivity index (χ2n) is 5.74. The summed E-state index contributed by atoms with van der Waals surface area (Å²) in [6, 6.07) is 4.74. The van der Waals surface area contributed by atoms with Gasteiger partial charge in [-0.05, 0) is 50.9 Å². The third-order valence-electron chi connectivity index (χ3n) is 3.97. The number of nitrogens with one attached hydrogen (secondary N) is 2. The molecule has 0 aliphatic heterocycles. The van der Waals surface area contributed by atoms with Crippen LogP contribution in [-0.4, -0.2) is 34.7 Å². The molecular weight excluding hydrogens is 324 g/mol. The van der Waals surface area contributed by atoms with Gasteiger partial charge in [0.1, 0.15) is 10.6 Å². The molecule has 1 aromatic rings. The minimum atomic E-state index is -3.65. The van der Waals surface area contributed by atoms with E-state index in [2.05, 4.69) is 10.0 Å². The number of ether oxygens (including phenoxy) is 1. The summed E-state index contributed by atoms with van der Waals surface area (Å²) in [6.45, 7) is 2.75. The molecule has 0 bridgehead atoms. The topological polar surface area (TPSA) is 67.4 Å². The molecule has 22 heavy (non-hydrogen) atoms. The van der Waals surface area contributed by atoms with Crippen LogP contribution in [0.4, 0.5) is 0 Å². The highest BCUT2D eigenvalue weighted by Crippen LogP contribution is 2.31. The van der Waals surface area contributed by atoms with E-state index in [9.17, 15) is 8.42 Å². The van der Waals surface area contributed by atoms with E-state index in [1.165, 1.54) is 12.5 Å². The highest BCUT2D eigenvalue weighted by atomic mass is 35.5. The van der Waals surface area contributed by atoms with Crippen LogP contribution in [0.1, 0.15) is 26.2 Å². The van der Waals surface area contributed by atoms with Gasteiger partial charge in [-0.2, -0.15) is 0 Å². The molecule has 1 aromatic carbocycles. The Morgan fingerprint density at radius 1 is 1.41 bits per heavy atom. The zero-order valence-electron chi connectivity index (χ0n) is 12.9. The lowest BCUT2D eigenvalue weighted by Crippen LogP contribution is -2.37. The van der Waals surface area contributed by atoms with Gasteiger partial charge in [-0.25, -0.2) is 13.1 Å². The van der Waals surface area contributed by atoms with Gasteiger partial charge < -0.3 is 10.1 Å². The van der Waals surface area contributed by atoms with Crippen LogP contribution in [0.5, 0.6) is 5.75 Å². The first-order valence-electron chi connectivity index (χ1n) is 7.51. The van der Waals surface area contributed by atoms with Crippen LogP contribution >= 0.6 is 11.6 Å². The second kappa shape index (κ2) is 7.64. The van der Waals surface area contributed by atoms with E-state index in [4.69, 9.17) is 16.3 Å². The minimum absolute atomic E-state index is 0.0355. The molecule has 2 N–H and O–H groups in total. The fourth-order valence-corrected chi connectivity index (χ4v) is 3.63. The smallest absolute Gasteiger partial charge is 0.244 e. The summed E-state index contributed by atoms with van der Waals surface area (Å²) in [6.07, 6.45) is 3.52. The average Bonchev–Trinajstić information content (AvgIpc) is 2.44. The monoisotopic (exact) mass is 346 g/mol. The fourth-order valence-electron chi connectivity index (χ4n) is 2.09. The molecule has 0 radical (unpaired) electrons. The van der Waals surface area contributed by atoms with Crippen LogP contribution in [0.25, 0.3) is 0 Å². The molecule has 0 saturated heterocycles. The summed E-state index contributed by atoms with van der Waals surface area (Å²) in [5, 5.41) is 3.36. The van der Waals surface area contributed by atoms with E-state index >= 15 is 0 Å². The van der Waals surface area contributed by atoms with Gasteiger partial charge in [0.25, 0.3) is 0 Å². The molecular formula is C15H23ClN2O3S. The summed E-state index contributed by atoms with van der Waals surface area (Å²) in [5.74, 6) is 0.893. The lowest BCUT2D eigenvalue weighted by Gasteiger charge is -2.25. The van der Waals surface area contributed by atoms with Crippen LogP contribution < -0.4 is 14.8 Å². The molecule has 1 unspecified atom stereocenters. The average molecular weight is 347 g/mol. The van der Waals surface area contributed by atoms with Gasteiger partial charge in [0, 0.05) is 17.6 Å². The molecule has 1 atom stereocenters. The maximum atomic E-state index is 12.5. The van der Waals surface area contributed by atoms with Crippen LogP contribution in [0.3, 0.4) is 0 Å². The molecule has 1 aliphatic rings. The molecule has 5 nitrogen and oxygen atoms in total. The van der Waals surface area contributed by atoms with Crippen molar-refractivity contribution in [3.05, 3.63) is 23.2 Å². The fraction of sp³-hybridized carbons (Fsp3) is 0.600. The van der Waals surface area contributed by atoms with E-state index < -0.39 is 10.0 Å². The second-order valence-corrected chi connectivity index (χ2v) is 7.91. The van der Waals surface area contributed by atoms with Crippen molar-refractivity contribution in [3.63, 3.8) is 0 Å². The number of halogens is 1. The Labute approximate surface area is 137 Å². The van der Waals surface area contributed by atoms with Crippen LogP contribution in [0.2, 0.25) is 5.02 Å². The van der Waals surface area contributed by atoms with Crippen molar-refractivity contribution in [3.8, 4) is 5.75 Å². The minimum Gasteiger partial charge on any atom is -0.492 e. The number of sulfonamides is 1. The first-order chi connectivity index (χ1) is 10.4. The van der Waals surface area contributed by atoms with Gasteiger partial charge in [0.2, 0.25) is 10.0 Å². The molecule has 0 heterocycles. The highest BCUT2D eigenvalue weighted by molar-refractivity contribution is 7.89. The normalized spacial score (nSPS) is 17.0. The van der Waals surface area contributed by atoms with E-state index in [1.807, 2.05) is 6.92 Å². The van der Waals surface area contributed by atoms with Crippen molar-refractivity contribution in [1.29, 1.82) is 0 Å². The van der Waals surface area contributed by atoms with E-state index in [0.29, 0.717) is 29.8 Å². The number of likely N-dealkylation sites (N-methyl/N-ethyl adjacent to an activating group) is 1. The van der Waals surface area contributed by atoms with E-state index in [-0.39, 0.29) is 10.9 Å². The van der Waals surface area contributed by atoms with Crippen molar-refractivity contribution < 1.29 is 13.2 Å². The van der Waals surface area contributed by atoms with Crippen molar-refractivity contribution in [2.24, 2.45) is 5.92 Å². The summed E-state index contributed by atoms with van der Waals surface area (Å²) < 4.78 is 33.3. The van der Waals surface area contributed by atoms with Crippen LogP contribution in [0.15, 0.2) is 23.1 Å². The maximum Gasteiger partial charge on any atom is 0.244 e. The molecule has 1 fully saturated rings. The molecule has 7 heteroatoms. The Morgan fingerprint density at radius 3 is 2.73 bits per heavy atom. The molecule has 1 aliphatic carbocycles. The Balaban J connectivity index is 2.13. The maximum absolute atomic E-state index is 12.5. The van der Waals surface area contributed by atoms with Gasteiger partial charge in [0.05, 0.1) is 6.61 Å². The Hall–Kier alpha value is -0.820. The Kier molecular flexibility index (Phi) is 6.09. The first-order valence-corrected chi connectivity index (χ1v) is 9.38. The predicted molar refractivity (Wildman–Crippen MR) is 88.0 cm³/mol. The van der Waals surface area contributed by atoms with Gasteiger partial charge in [0.15, 0.2) is 0 Å². The SMILES string of the molecule is CNC(C)CNS(=O)(=O)c1cc(Cl)ccc1OCC1CCC1. The molecule has 0 aromatic heterocycles.